The van der Waals surface area contributed by atoms with Gasteiger partial charge in [0.25, 0.3) is 0 Å². The molecule has 1 aliphatic rings. The van der Waals surface area contributed by atoms with Gasteiger partial charge in [-0.1, -0.05) is 0 Å². The van der Waals surface area contributed by atoms with E-state index in [-0.39, 0.29) is 0 Å². The highest BCUT2D eigenvalue weighted by Gasteiger charge is 2.15. The van der Waals surface area contributed by atoms with Crippen molar-refractivity contribution in [1.29, 1.82) is 0 Å². The first-order valence-corrected chi connectivity index (χ1v) is 5.61. The Morgan fingerprint density at radius 2 is 2.57 bits per heavy atom. The first-order valence-electron chi connectivity index (χ1n) is 4.82. The molecule has 1 aromatic rings. The van der Waals surface area contributed by atoms with Gasteiger partial charge in [0.1, 0.15) is 0 Å². The Balaban J connectivity index is 1.85. The second-order valence-electron chi connectivity index (χ2n) is 3.64. The van der Waals surface area contributed by atoms with Crippen LogP contribution in [-0.4, -0.2) is 23.0 Å². The van der Waals surface area contributed by atoms with Crippen molar-refractivity contribution in [2.45, 2.75) is 19.4 Å². The van der Waals surface area contributed by atoms with Gasteiger partial charge in [0.2, 0.25) is 0 Å². The van der Waals surface area contributed by atoms with E-state index in [0.717, 1.165) is 30.7 Å². The normalized spacial score (nSPS) is 21.6. The number of ether oxygens (including phenoxy) is 1. The van der Waals surface area contributed by atoms with Gasteiger partial charge in [-0.3, -0.25) is 4.68 Å². The number of halogens is 1. The van der Waals surface area contributed by atoms with Gasteiger partial charge < -0.3 is 10.5 Å². The molecule has 1 aromatic heterocycles. The molecule has 5 heteroatoms. The summed E-state index contributed by atoms with van der Waals surface area (Å²) in [5.74, 6) is 1.26. The summed E-state index contributed by atoms with van der Waals surface area (Å²) < 4.78 is 8.07. The van der Waals surface area contributed by atoms with Crippen LogP contribution in [0.25, 0.3) is 0 Å². The van der Waals surface area contributed by atoms with Gasteiger partial charge in [-0.15, -0.1) is 0 Å². The zero-order valence-corrected chi connectivity index (χ0v) is 9.53. The second kappa shape index (κ2) is 4.31. The first-order chi connectivity index (χ1) is 6.75. The van der Waals surface area contributed by atoms with Crippen LogP contribution < -0.4 is 5.73 Å². The number of hydrogen-bond donors (Lipinski definition) is 1. The van der Waals surface area contributed by atoms with Crippen molar-refractivity contribution in [3.63, 3.8) is 0 Å². The Morgan fingerprint density at radius 1 is 1.71 bits per heavy atom. The van der Waals surface area contributed by atoms with Crippen molar-refractivity contribution in [3.8, 4) is 0 Å². The number of hydrogen-bond acceptors (Lipinski definition) is 3. The summed E-state index contributed by atoms with van der Waals surface area (Å²) in [6.45, 7) is 2.73. The maximum atomic E-state index is 5.62. The fraction of sp³-hybridized carbons (Fsp3) is 0.667. The minimum atomic E-state index is 0.563. The lowest BCUT2D eigenvalue weighted by molar-refractivity contribution is 0.183. The van der Waals surface area contributed by atoms with Gasteiger partial charge in [-0.05, 0) is 34.7 Å². The molecule has 4 nitrogen and oxygen atoms in total. The van der Waals surface area contributed by atoms with E-state index in [1.54, 1.807) is 0 Å². The predicted molar refractivity (Wildman–Crippen MR) is 57.9 cm³/mol. The molecule has 0 bridgehead atoms. The molecule has 14 heavy (non-hydrogen) atoms. The van der Waals surface area contributed by atoms with Crippen molar-refractivity contribution in [1.82, 2.24) is 9.78 Å². The van der Waals surface area contributed by atoms with Gasteiger partial charge in [-0.2, -0.15) is 5.10 Å². The lowest BCUT2D eigenvalue weighted by Crippen LogP contribution is -2.06. The van der Waals surface area contributed by atoms with Crippen LogP contribution in [0.15, 0.2) is 10.7 Å². The predicted octanol–water partition coefficient (Wildman–Crippen LogP) is 1.65. The molecule has 0 saturated carbocycles. The van der Waals surface area contributed by atoms with E-state index in [2.05, 4.69) is 21.0 Å². The maximum absolute atomic E-state index is 5.62. The van der Waals surface area contributed by atoms with Gasteiger partial charge >= 0.3 is 0 Å². The molecule has 1 saturated heterocycles. The lowest BCUT2D eigenvalue weighted by atomic mass is 10.1. The lowest BCUT2D eigenvalue weighted by Gasteiger charge is -2.06. The highest BCUT2D eigenvalue weighted by Crippen LogP contribution is 2.19. The third kappa shape index (κ3) is 2.27. The van der Waals surface area contributed by atoms with E-state index >= 15 is 0 Å². The fourth-order valence-electron chi connectivity index (χ4n) is 1.65. The number of rotatable bonds is 3. The third-order valence-corrected chi connectivity index (χ3v) is 3.14. The number of aryl methyl sites for hydroxylation is 1. The number of aromatic nitrogens is 2. The van der Waals surface area contributed by atoms with Crippen LogP contribution in [0.1, 0.15) is 12.8 Å². The summed E-state index contributed by atoms with van der Waals surface area (Å²) in [6.07, 6.45) is 4.22. The summed E-state index contributed by atoms with van der Waals surface area (Å²) in [5, 5.41) is 4.18. The van der Waals surface area contributed by atoms with E-state index < -0.39 is 0 Å². The molecule has 78 valence electrons. The minimum Gasteiger partial charge on any atom is -0.381 e. The van der Waals surface area contributed by atoms with Crippen molar-refractivity contribution in [2.75, 3.05) is 18.9 Å². The molecule has 0 spiro atoms. The first kappa shape index (κ1) is 9.98. The molecule has 2 N–H and O–H groups in total. The number of nitrogens with two attached hydrogens (primary N) is 1. The molecular weight excluding hydrogens is 246 g/mol. The molecule has 0 aliphatic carbocycles. The molecular formula is C9H14BrN3O. The van der Waals surface area contributed by atoms with Crippen LogP contribution >= 0.6 is 15.9 Å². The molecule has 1 aliphatic heterocycles. The van der Waals surface area contributed by atoms with Crippen molar-refractivity contribution in [3.05, 3.63) is 10.7 Å². The SMILES string of the molecule is Nc1nn(CCC2CCOC2)cc1Br. The van der Waals surface area contributed by atoms with E-state index in [4.69, 9.17) is 10.5 Å². The summed E-state index contributed by atoms with van der Waals surface area (Å²) >= 11 is 3.34. The van der Waals surface area contributed by atoms with E-state index in [9.17, 15) is 0 Å². The highest BCUT2D eigenvalue weighted by atomic mass is 79.9. The van der Waals surface area contributed by atoms with E-state index in [0.29, 0.717) is 11.7 Å². The van der Waals surface area contributed by atoms with Crippen molar-refractivity contribution < 1.29 is 4.74 Å². The van der Waals surface area contributed by atoms with Gasteiger partial charge in [-0.25, -0.2) is 0 Å². The summed E-state index contributed by atoms with van der Waals surface area (Å²) in [5.41, 5.74) is 5.62. The molecule has 0 aromatic carbocycles. The van der Waals surface area contributed by atoms with E-state index in [1.165, 1.54) is 6.42 Å². The van der Waals surface area contributed by atoms with Crippen molar-refractivity contribution in [2.24, 2.45) is 5.92 Å². The van der Waals surface area contributed by atoms with Crippen LogP contribution in [0, 0.1) is 5.92 Å². The Morgan fingerprint density at radius 3 is 3.14 bits per heavy atom. The van der Waals surface area contributed by atoms with Crippen LogP contribution in [-0.2, 0) is 11.3 Å². The number of anilines is 1. The largest absolute Gasteiger partial charge is 0.381 e. The smallest absolute Gasteiger partial charge is 0.159 e. The Labute approximate surface area is 91.5 Å². The number of nitrogen functional groups attached to an aromatic ring is 1. The third-order valence-electron chi connectivity index (χ3n) is 2.53. The fourth-order valence-corrected chi connectivity index (χ4v) is 1.97. The van der Waals surface area contributed by atoms with Crippen LogP contribution in [0.2, 0.25) is 0 Å². The quantitative estimate of drug-likeness (QED) is 0.899. The van der Waals surface area contributed by atoms with Crippen LogP contribution in [0.3, 0.4) is 0 Å². The standard InChI is InChI=1S/C9H14BrN3O/c10-8-5-13(12-9(8)11)3-1-7-2-4-14-6-7/h5,7H,1-4,6H2,(H2,11,12). The monoisotopic (exact) mass is 259 g/mol. The van der Waals surface area contributed by atoms with Gasteiger partial charge in [0, 0.05) is 26.0 Å². The second-order valence-corrected chi connectivity index (χ2v) is 4.50. The molecule has 1 atom stereocenters. The van der Waals surface area contributed by atoms with E-state index in [1.807, 2.05) is 10.9 Å². The topological polar surface area (TPSA) is 53.1 Å². The Kier molecular flexibility index (Phi) is 3.08. The average molecular weight is 260 g/mol. The van der Waals surface area contributed by atoms with Crippen LogP contribution in [0.5, 0.6) is 0 Å². The average Bonchev–Trinajstić information content (AvgIpc) is 2.74. The molecule has 1 unspecified atom stereocenters. The summed E-state index contributed by atoms with van der Waals surface area (Å²) in [6, 6.07) is 0. The summed E-state index contributed by atoms with van der Waals surface area (Å²) in [7, 11) is 0. The van der Waals surface area contributed by atoms with Crippen LogP contribution in [0.4, 0.5) is 5.82 Å². The zero-order chi connectivity index (χ0) is 9.97. The zero-order valence-electron chi connectivity index (χ0n) is 7.95. The van der Waals surface area contributed by atoms with Crippen molar-refractivity contribution >= 4 is 21.7 Å². The highest BCUT2D eigenvalue weighted by molar-refractivity contribution is 9.10. The molecule has 0 radical (unpaired) electrons. The maximum Gasteiger partial charge on any atom is 0.159 e. The van der Waals surface area contributed by atoms with Gasteiger partial charge in [0.15, 0.2) is 5.82 Å². The molecule has 1 fully saturated rings. The van der Waals surface area contributed by atoms with Gasteiger partial charge in [0.05, 0.1) is 4.47 Å². The molecule has 2 rings (SSSR count). The molecule has 0 amide bonds. The minimum absolute atomic E-state index is 0.563. The Hall–Kier alpha value is -0.550. The molecule has 2 heterocycles. The number of nitrogens with zero attached hydrogens (tertiary/aromatic N) is 2. The Bertz CT molecular complexity index is 288. The summed E-state index contributed by atoms with van der Waals surface area (Å²) in [4.78, 5) is 0.